The number of hydrogen-bond donors (Lipinski definition) is 1. The quantitative estimate of drug-likeness (QED) is 0.682. The van der Waals surface area contributed by atoms with E-state index in [1.54, 1.807) is 13.8 Å². The van der Waals surface area contributed by atoms with Gasteiger partial charge in [0, 0.05) is 13.3 Å². The molecule has 4 heteroatoms. The molecule has 2 nitrogen and oxygen atoms in total. The number of rotatable bonds is 5. The van der Waals surface area contributed by atoms with E-state index in [1.807, 2.05) is 5.32 Å². The Kier molecular flexibility index (Phi) is 4.47. The van der Waals surface area contributed by atoms with E-state index in [1.165, 1.54) is 13.8 Å². The number of carbonyl (C=O) groups is 1. The monoisotopic (exact) mass is 195 g/mol. The van der Waals surface area contributed by atoms with Crippen LogP contribution in [0.25, 0.3) is 0 Å². The van der Waals surface area contributed by atoms with Gasteiger partial charge in [0.05, 0.1) is 6.54 Å². The molecule has 0 radical (unpaired) electrons. The molecule has 0 aromatic carbocycles. The summed E-state index contributed by atoms with van der Waals surface area (Å²) in [5, 5.41) is 1.96. The number of Topliss-reactive ketones (excluding diaryl/α,β-unsaturated/α-hetero) is 1. The fourth-order valence-corrected chi connectivity index (χ4v) is 0.613. The molecule has 0 aromatic rings. The molecule has 0 aliphatic rings. The van der Waals surface area contributed by atoms with Gasteiger partial charge in [-0.3, -0.25) is 10.1 Å². The molecule has 0 aromatic heterocycles. The van der Waals surface area contributed by atoms with Crippen LogP contribution in [0.4, 0.5) is 8.78 Å². The first kappa shape index (κ1) is 12.5. The Hall–Kier alpha value is -0.510. The van der Waals surface area contributed by atoms with Gasteiger partial charge < -0.3 is 0 Å². The molecule has 0 saturated carbocycles. The molecule has 0 fully saturated rings. The van der Waals surface area contributed by atoms with E-state index in [-0.39, 0.29) is 19.7 Å². The maximum atomic E-state index is 12.9. The van der Waals surface area contributed by atoms with Crippen molar-refractivity contribution in [2.75, 3.05) is 6.54 Å². The Bertz CT molecular complexity index is 184. The Morgan fingerprint density at radius 1 is 1.38 bits per heavy atom. The van der Waals surface area contributed by atoms with Crippen LogP contribution < -0.4 is 5.32 Å². The van der Waals surface area contributed by atoms with Crippen LogP contribution in [0.15, 0.2) is 0 Å². The SMILES string of the molecule is CC(C)C(=O)CNC(F)(F)C(C)C.[HH]. The number of halogens is 2. The summed E-state index contributed by atoms with van der Waals surface area (Å²) in [5.41, 5.74) is 0. The van der Waals surface area contributed by atoms with Crippen molar-refractivity contribution in [1.29, 1.82) is 0 Å². The number of nitrogens with one attached hydrogen (secondary N) is 1. The van der Waals surface area contributed by atoms with Crippen molar-refractivity contribution in [3.8, 4) is 0 Å². The molecule has 0 aliphatic heterocycles. The van der Waals surface area contributed by atoms with Crippen molar-refractivity contribution < 1.29 is 15.0 Å². The predicted molar refractivity (Wildman–Crippen MR) is 49.7 cm³/mol. The Morgan fingerprint density at radius 3 is 2.15 bits per heavy atom. The lowest BCUT2D eigenvalue weighted by molar-refractivity contribution is -0.126. The molecule has 0 aliphatic carbocycles. The fraction of sp³-hybridized carbons (Fsp3) is 0.889. The van der Waals surface area contributed by atoms with E-state index in [0.29, 0.717) is 0 Å². The Morgan fingerprint density at radius 2 is 1.85 bits per heavy atom. The zero-order chi connectivity index (χ0) is 10.6. The van der Waals surface area contributed by atoms with Gasteiger partial charge in [0.2, 0.25) is 0 Å². The average Bonchev–Trinajstić information content (AvgIpc) is 1.99. The zero-order valence-corrected chi connectivity index (χ0v) is 8.53. The van der Waals surface area contributed by atoms with Gasteiger partial charge in [-0.1, -0.05) is 27.7 Å². The maximum absolute atomic E-state index is 12.9. The molecule has 1 N–H and O–H groups in total. The van der Waals surface area contributed by atoms with E-state index in [4.69, 9.17) is 0 Å². The lowest BCUT2D eigenvalue weighted by Crippen LogP contribution is -2.44. The molecule has 0 atom stereocenters. The van der Waals surface area contributed by atoms with Crippen LogP contribution in [0.1, 0.15) is 29.1 Å². The predicted octanol–water partition coefficient (Wildman–Crippen LogP) is 2.30. The van der Waals surface area contributed by atoms with Crippen molar-refractivity contribution in [3.05, 3.63) is 0 Å². The Balaban J connectivity index is 0. The van der Waals surface area contributed by atoms with Gasteiger partial charge in [0.1, 0.15) is 5.78 Å². The van der Waals surface area contributed by atoms with Crippen molar-refractivity contribution in [2.45, 2.75) is 33.7 Å². The molecule has 0 spiro atoms. The van der Waals surface area contributed by atoms with Crippen LogP contribution in [-0.2, 0) is 4.79 Å². The number of hydrogen-bond acceptors (Lipinski definition) is 2. The first-order valence-electron chi connectivity index (χ1n) is 4.43. The summed E-state index contributed by atoms with van der Waals surface area (Å²) in [5.74, 6) is -1.19. The lowest BCUT2D eigenvalue weighted by Gasteiger charge is -2.21. The standard InChI is InChI=1S/C9H17F2NO.H2/c1-6(2)8(13)5-12-9(10,11)7(3)4;/h6-7,12H,5H2,1-4H3;1H. The van der Waals surface area contributed by atoms with E-state index >= 15 is 0 Å². The van der Waals surface area contributed by atoms with Crippen LogP contribution in [-0.4, -0.2) is 18.4 Å². The van der Waals surface area contributed by atoms with Crippen LogP contribution in [0.3, 0.4) is 0 Å². The van der Waals surface area contributed by atoms with E-state index < -0.39 is 12.0 Å². The summed E-state index contributed by atoms with van der Waals surface area (Å²) < 4.78 is 25.8. The van der Waals surface area contributed by atoms with Crippen molar-refractivity contribution in [2.24, 2.45) is 11.8 Å². The third-order valence-corrected chi connectivity index (χ3v) is 1.87. The molecule has 80 valence electrons. The van der Waals surface area contributed by atoms with Gasteiger partial charge in [-0.2, -0.15) is 8.78 Å². The van der Waals surface area contributed by atoms with Crippen molar-refractivity contribution in [1.82, 2.24) is 5.32 Å². The summed E-state index contributed by atoms with van der Waals surface area (Å²) >= 11 is 0. The highest BCUT2D eigenvalue weighted by atomic mass is 19.3. The molecule has 0 unspecified atom stereocenters. The zero-order valence-electron chi connectivity index (χ0n) is 8.53. The van der Waals surface area contributed by atoms with E-state index in [2.05, 4.69) is 0 Å². The number of alkyl halides is 2. The van der Waals surface area contributed by atoms with Crippen molar-refractivity contribution >= 4 is 5.78 Å². The van der Waals surface area contributed by atoms with Crippen LogP contribution in [0.2, 0.25) is 0 Å². The van der Waals surface area contributed by atoms with Crippen molar-refractivity contribution in [3.63, 3.8) is 0 Å². The molecular formula is C9H19F2NO. The summed E-state index contributed by atoms with van der Waals surface area (Å²) in [7, 11) is 0. The molecule has 13 heavy (non-hydrogen) atoms. The van der Waals surface area contributed by atoms with Gasteiger partial charge >= 0.3 is 6.05 Å². The first-order valence-corrected chi connectivity index (χ1v) is 4.43. The Labute approximate surface area is 79.2 Å². The summed E-state index contributed by atoms with van der Waals surface area (Å²) in [6.45, 7) is 5.94. The summed E-state index contributed by atoms with van der Waals surface area (Å²) in [6, 6.07) is -2.95. The van der Waals surface area contributed by atoms with Gasteiger partial charge in [-0.25, -0.2) is 0 Å². The second-order valence-corrected chi connectivity index (χ2v) is 3.75. The lowest BCUT2D eigenvalue weighted by atomic mass is 10.1. The van der Waals surface area contributed by atoms with E-state index in [0.717, 1.165) is 0 Å². The summed E-state index contributed by atoms with van der Waals surface area (Å²) in [6.07, 6.45) is 0. The highest BCUT2D eigenvalue weighted by Gasteiger charge is 2.33. The van der Waals surface area contributed by atoms with Crippen LogP contribution in [0.5, 0.6) is 0 Å². The van der Waals surface area contributed by atoms with Gasteiger partial charge in [0.15, 0.2) is 0 Å². The van der Waals surface area contributed by atoms with Crippen LogP contribution in [0, 0.1) is 11.8 Å². The van der Waals surface area contributed by atoms with Gasteiger partial charge in [-0.05, 0) is 0 Å². The average molecular weight is 195 g/mol. The van der Waals surface area contributed by atoms with Gasteiger partial charge in [0.25, 0.3) is 0 Å². The molecule has 0 heterocycles. The molecular weight excluding hydrogens is 176 g/mol. The largest absolute Gasteiger partial charge is 0.305 e. The molecule has 0 amide bonds. The topological polar surface area (TPSA) is 29.1 Å². The minimum Gasteiger partial charge on any atom is -0.298 e. The smallest absolute Gasteiger partial charge is 0.298 e. The summed E-state index contributed by atoms with van der Waals surface area (Å²) in [4.78, 5) is 11.0. The third kappa shape index (κ3) is 4.31. The maximum Gasteiger partial charge on any atom is 0.305 e. The first-order chi connectivity index (χ1) is 5.77. The minimum atomic E-state index is -2.95. The number of carbonyl (C=O) groups excluding carboxylic acids is 1. The van der Waals surface area contributed by atoms with E-state index in [9.17, 15) is 13.6 Å². The third-order valence-electron chi connectivity index (χ3n) is 1.87. The number of ketones is 1. The molecule has 0 bridgehead atoms. The molecule has 0 saturated heterocycles. The normalized spacial score (nSPS) is 12.6. The minimum absolute atomic E-state index is 0. The highest BCUT2D eigenvalue weighted by molar-refractivity contribution is 5.82. The van der Waals surface area contributed by atoms with Gasteiger partial charge in [-0.15, -0.1) is 0 Å². The highest BCUT2D eigenvalue weighted by Crippen LogP contribution is 2.19. The fourth-order valence-electron chi connectivity index (χ4n) is 0.613. The second kappa shape index (κ2) is 4.65. The van der Waals surface area contributed by atoms with Crippen LogP contribution >= 0.6 is 0 Å². The molecule has 0 rings (SSSR count). The second-order valence-electron chi connectivity index (χ2n) is 3.75.